The van der Waals surface area contributed by atoms with E-state index in [9.17, 15) is 33.8 Å². The van der Waals surface area contributed by atoms with Crippen LogP contribution < -0.4 is 11.2 Å². The molecule has 0 radical (unpaired) electrons. The molecule has 0 aromatic carbocycles. The molecule has 0 aliphatic carbocycles. The Kier molecular flexibility index (Phi) is 5.84. The van der Waals surface area contributed by atoms with Crippen LogP contribution in [-0.4, -0.2) is 65.3 Å². The minimum Gasteiger partial charge on any atom is -0.387 e. The molecule has 15 heteroatoms. The van der Waals surface area contributed by atoms with Gasteiger partial charge in [-0.1, -0.05) is 0 Å². The highest BCUT2D eigenvalue weighted by Gasteiger charge is 2.45. The van der Waals surface area contributed by atoms with Gasteiger partial charge in [-0.2, -0.15) is 0 Å². The average molecular weight is 402 g/mol. The molecule has 25 heavy (non-hydrogen) atoms. The highest BCUT2D eigenvalue weighted by atomic mass is 31.2. The van der Waals surface area contributed by atoms with Crippen molar-refractivity contribution in [3.05, 3.63) is 33.1 Å². The lowest BCUT2D eigenvalue weighted by molar-refractivity contribution is -0.0524. The summed E-state index contributed by atoms with van der Waals surface area (Å²) in [4.78, 5) is 51.4. The predicted molar refractivity (Wildman–Crippen MR) is 79.9 cm³/mol. The Labute approximate surface area is 139 Å². The molecule has 1 saturated heterocycles. The molecule has 1 fully saturated rings. The summed E-state index contributed by atoms with van der Waals surface area (Å²) in [6.07, 6.45) is -5.00. The van der Waals surface area contributed by atoms with Gasteiger partial charge in [0.1, 0.15) is 18.3 Å². The Balaban J connectivity index is 2.09. The molecule has 2 rings (SSSR count). The smallest absolute Gasteiger partial charge is 0.340 e. The first-order chi connectivity index (χ1) is 11.4. The molecule has 6 N–H and O–H groups in total. The fraction of sp³-hybridized carbons (Fsp3) is 0.600. The fourth-order valence-electron chi connectivity index (χ4n) is 2.19. The van der Waals surface area contributed by atoms with E-state index in [0.29, 0.717) is 0 Å². The lowest BCUT2D eigenvalue weighted by Crippen LogP contribution is -2.37. The van der Waals surface area contributed by atoms with Crippen LogP contribution in [-0.2, 0) is 18.4 Å². The van der Waals surface area contributed by atoms with Crippen molar-refractivity contribution in [2.24, 2.45) is 0 Å². The van der Waals surface area contributed by atoms with Crippen LogP contribution in [0.2, 0.25) is 0 Å². The second kappa shape index (κ2) is 7.23. The second-order valence-electron chi connectivity index (χ2n) is 5.30. The van der Waals surface area contributed by atoms with Gasteiger partial charge in [-0.15, -0.1) is 0 Å². The molecular formula is C10H16N2O11P2. The van der Waals surface area contributed by atoms with Gasteiger partial charge in [-0.05, 0) is 0 Å². The largest absolute Gasteiger partial charge is 0.387 e. The van der Waals surface area contributed by atoms with Crippen LogP contribution in [0.3, 0.4) is 0 Å². The van der Waals surface area contributed by atoms with Crippen LogP contribution in [0.1, 0.15) is 6.23 Å². The van der Waals surface area contributed by atoms with Gasteiger partial charge in [-0.25, -0.2) is 4.79 Å². The standard InChI is InChI=1S/C10H16N2O11P2/c13-6-1-2-12(10(16)11-6)9-8(15)7(14)5(23-9)3-22-25(20,21)4-24(17,18)19/h1-2,5,7-9,14-15H,3-4H2,(H,20,21)(H,11,13,16)(H2,17,18,19). The third-order valence-corrected chi connectivity index (χ3v) is 6.72. The highest BCUT2D eigenvalue weighted by Crippen LogP contribution is 2.55. The molecule has 0 spiro atoms. The molecular weight excluding hydrogens is 386 g/mol. The summed E-state index contributed by atoms with van der Waals surface area (Å²) in [7, 11) is -9.49. The van der Waals surface area contributed by atoms with Gasteiger partial charge < -0.3 is 34.2 Å². The second-order valence-corrected chi connectivity index (χ2v) is 9.30. The zero-order valence-electron chi connectivity index (χ0n) is 12.4. The number of nitrogens with zero attached hydrogens (tertiary/aromatic N) is 1. The number of aliphatic hydroxyl groups is 2. The lowest BCUT2D eigenvalue weighted by Gasteiger charge is -2.18. The summed E-state index contributed by atoms with van der Waals surface area (Å²) in [5, 5.41) is 19.8. The minimum absolute atomic E-state index is 0.687. The number of ether oxygens (including phenoxy) is 1. The van der Waals surface area contributed by atoms with Gasteiger partial charge in [0, 0.05) is 12.3 Å². The number of aromatic nitrogens is 2. The maximum Gasteiger partial charge on any atom is 0.340 e. The van der Waals surface area contributed by atoms with Crippen molar-refractivity contribution in [1.29, 1.82) is 0 Å². The van der Waals surface area contributed by atoms with E-state index in [1.807, 2.05) is 4.98 Å². The van der Waals surface area contributed by atoms with Crippen LogP contribution in [0.25, 0.3) is 0 Å². The fourth-order valence-corrected chi connectivity index (χ4v) is 4.76. The highest BCUT2D eigenvalue weighted by molar-refractivity contribution is 7.70. The first-order valence-corrected chi connectivity index (χ1v) is 10.3. The molecule has 2 heterocycles. The monoisotopic (exact) mass is 402 g/mol. The molecule has 1 aliphatic heterocycles. The Morgan fingerprint density at radius 3 is 2.40 bits per heavy atom. The van der Waals surface area contributed by atoms with Gasteiger partial charge in [0.2, 0.25) is 0 Å². The molecule has 1 aromatic heterocycles. The summed E-state index contributed by atoms with van der Waals surface area (Å²) >= 11 is 0. The van der Waals surface area contributed by atoms with E-state index in [1.165, 1.54) is 0 Å². The summed E-state index contributed by atoms with van der Waals surface area (Å²) in [6, 6.07) is 0.982. The topological polar surface area (TPSA) is 209 Å². The molecule has 5 unspecified atom stereocenters. The lowest BCUT2D eigenvalue weighted by atomic mass is 10.1. The maximum atomic E-state index is 11.7. The van der Waals surface area contributed by atoms with E-state index in [4.69, 9.17) is 14.5 Å². The molecule has 13 nitrogen and oxygen atoms in total. The summed E-state index contributed by atoms with van der Waals surface area (Å²) in [6.45, 7) is -0.777. The van der Waals surface area contributed by atoms with Gasteiger partial charge >= 0.3 is 20.9 Å². The van der Waals surface area contributed by atoms with E-state index < -0.39 is 63.5 Å². The van der Waals surface area contributed by atoms with Crippen LogP contribution in [0.5, 0.6) is 0 Å². The summed E-state index contributed by atoms with van der Waals surface area (Å²) in [5.41, 5.74) is -1.60. The predicted octanol–water partition coefficient (Wildman–Crippen LogP) is -2.51. The zero-order valence-corrected chi connectivity index (χ0v) is 14.2. The van der Waals surface area contributed by atoms with Crippen LogP contribution >= 0.6 is 15.2 Å². The number of hydrogen-bond donors (Lipinski definition) is 6. The number of aliphatic hydroxyl groups excluding tert-OH is 2. The Morgan fingerprint density at radius 1 is 1.20 bits per heavy atom. The van der Waals surface area contributed by atoms with Crippen LogP contribution in [0.15, 0.2) is 21.9 Å². The molecule has 1 aliphatic rings. The third-order valence-electron chi connectivity index (χ3n) is 3.27. The molecule has 5 atom stereocenters. The van der Waals surface area contributed by atoms with Crippen molar-refractivity contribution in [2.75, 3.05) is 12.5 Å². The molecule has 142 valence electrons. The average Bonchev–Trinajstić information content (AvgIpc) is 2.71. The Hall–Kier alpha value is -1.14. The van der Waals surface area contributed by atoms with Crippen molar-refractivity contribution in [1.82, 2.24) is 9.55 Å². The minimum atomic E-state index is -4.82. The summed E-state index contributed by atoms with van der Waals surface area (Å²) in [5.74, 6) is -1.42. The van der Waals surface area contributed by atoms with Crippen molar-refractivity contribution in [2.45, 2.75) is 24.5 Å². The maximum absolute atomic E-state index is 11.7. The van der Waals surface area contributed by atoms with E-state index in [-0.39, 0.29) is 0 Å². The third kappa shape index (κ3) is 5.17. The van der Waals surface area contributed by atoms with E-state index in [0.717, 1.165) is 16.8 Å². The van der Waals surface area contributed by atoms with Gasteiger partial charge in [-0.3, -0.25) is 23.5 Å². The number of H-pyrrole nitrogens is 1. The quantitative estimate of drug-likeness (QED) is 0.274. The number of nitrogens with one attached hydrogen (secondary N) is 1. The number of rotatable bonds is 6. The zero-order chi connectivity index (χ0) is 19.0. The molecule has 0 bridgehead atoms. The van der Waals surface area contributed by atoms with Crippen molar-refractivity contribution in [3.63, 3.8) is 0 Å². The van der Waals surface area contributed by atoms with Crippen molar-refractivity contribution < 1.29 is 43.3 Å². The van der Waals surface area contributed by atoms with Gasteiger partial charge in [0.15, 0.2) is 12.1 Å². The van der Waals surface area contributed by atoms with Crippen molar-refractivity contribution in [3.8, 4) is 0 Å². The molecule has 1 aromatic rings. The summed E-state index contributed by atoms with van der Waals surface area (Å²) < 4.78 is 32.8. The number of hydrogen-bond acceptors (Lipinski definition) is 8. The van der Waals surface area contributed by atoms with Gasteiger partial charge in [0.25, 0.3) is 5.56 Å². The van der Waals surface area contributed by atoms with Crippen LogP contribution in [0.4, 0.5) is 0 Å². The molecule has 0 saturated carbocycles. The van der Waals surface area contributed by atoms with Crippen LogP contribution in [0, 0.1) is 0 Å². The molecule has 0 amide bonds. The van der Waals surface area contributed by atoms with E-state index >= 15 is 0 Å². The normalized spacial score (nSPS) is 29.5. The Bertz CT molecular complexity index is 829. The van der Waals surface area contributed by atoms with Gasteiger partial charge in [0.05, 0.1) is 6.61 Å². The van der Waals surface area contributed by atoms with E-state index in [2.05, 4.69) is 4.52 Å². The SMILES string of the molecule is O=c1ccn(C2OC(COP(=O)(O)CP(=O)(O)O)C(O)C2O)c(=O)[nH]1. The first kappa shape index (κ1) is 20.2. The van der Waals surface area contributed by atoms with Crippen molar-refractivity contribution >= 4 is 15.2 Å². The number of aromatic amines is 1. The van der Waals surface area contributed by atoms with E-state index in [1.54, 1.807) is 0 Å². The Morgan fingerprint density at radius 2 is 1.84 bits per heavy atom. The first-order valence-electron chi connectivity index (χ1n) is 6.74.